The van der Waals surface area contributed by atoms with E-state index in [1.165, 1.54) is 4.68 Å². The number of nitrogens with one attached hydrogen (secondary N) is 1. The summed E-state index contributed by atoms with van der Waals surface area (Å²) in [6.45, 7) is -0.00627. The lowest BCUT2D eigenvalue weighted by molar-refractivity contribution is 0.608. The van der Waals surface area contributed by atoms with Crippen LogP contribution in [-0.4, -0.2) is 34.7 Å². The van der Waals surface area contributed by atoms with Gasteiger partial charge in [0.15, 0.2) is 5.82 Å². The monoisotopic (exact) mass is 395 g/mol. The third kappa shape index (κ3) is 3.81. The molecule has 11 heteroatoms. The number of benzene rings is 2. The average molecular weight is 396 g/mol. The Kier molecular flexibility index (Phi) is 4.68. The van der Waals surface area contributed by atoms with Crippen LogP contribution in [0.15, 0.2) is 59.4 Å². The summed E-state index contributed by atoms with van der Waals surface area (Å²) in [6.07, 6.45) is 0. The fourth-order valence-corrected chi connectivity index (χ4v) is 2.59. The van der Waals surface area contributed by atoms with Gasteiger partial charge in [0.25, 0.3) is 0 Å². The van der Waals surface area contributed by atoms with Gasteiger partial charge in [0.1, 0.15) is 6.54 Å². The van der Waals surface area contributed by atoms with Gasteiger partial charge in [0.05, 0.1) is 5.69 Å². The summed E-state index contributed by atoms with van der Waals surface area (Å²) in [5.74, 6) is 0.532. The molecule has 0 spiro atoms. The first-order chi connectivity index (χ1) is 13.6. The molecule has 0 amide bonds. The molecule has 2 heterocycles. The molecule has 0 atom stereocenters. The van der Waals surface area contributed by atoms with Crippen molar-refractivity contribution in [1.29, 1.82) is 0 Å². The number of rotatable bonds is 5. The van der Waals surface area contributed by atoms with E-state index in [1.807, 2.05) is 18.2 Å². The van der Waals surface area contributed by atoms with Crippen LogP contribution in [0, 0.1) is 0 Å². The Morgan fingerprint density at radius 1 is 0.964 bits per heavy atom. The molecular formula is C17H14ClN9O. The molecule has 2 aromatic heterocycles. The lowest BCUT2D eigenvalue weighted by atomic mass is 10.3. The minimum atomic E-state index is -0.419. The van der Waals surface area contributed by atoms with Crippen molar-refractivity contribution in [1.82, 2.24) is 34.7 Å². The van der Waals surface area contributed by atoms with Crippen LogP contribution in [0.5, 0.6) is 0 Å². The molecule has 0 radical (unpaired) electrons. The lowest BCUT2D eigenvalue weighted by Crippen LogP contribution is -2.25. The molecule has 0 aliphatic carbocycles. The molecule has 0 saturated heterocycles. The quantitative estimate of drug-likeness (QED) is 0.521. The summed E-state index contributed by atoms with van der Waals surface area (Å²) >= 11 is 5.88. The molecule has 0 aliphatic heterocycles. The molecule has 0 fully saturated rings. The maximum atomic E-state index is 12.5. The van der Waals surface area contributed by atoms with Gasteiger partial charge in [-0.15, -0.1) is 0 Å². The summed E-state index contributed by atoms with van der Waals surface area (Å²) in [5, 5.41) is 11.4. The standard InChI is InChI=1S/C17H14ClN9O/c18-11-6-8-12(9-7-11)20-16-22-14(21-15(19)23-16)10-26-17(28)27(25-24-26)13-4-2-1-3-5-13/h1-9H,10H2,(H3,19,20,21,22,23). The molecule has 0 unspecified atom stereocenters. The van der Waals surface area contributed by atoms with Crippen molar-refractivity contribution >= 4 is 29.2 Å². The first-order valence-corrected chi connectivity index (χ1v) is 8.57. The summed E-state index contributed by atoms with van der Waals surface area (Å²) in [5.41, 5.74) is 6.69. The zero-order valence-corrected chi connectivity index (χ0v) is 15.2. The van der Waals surface area contributed by atoms with Gasteiger partial charge in [-0.3, -0.25) is 0 Å². The van der Waals surface area contributed by atoms with E-state index in [-0.39, 0.29) is 24.3 Å². The van der Waals surface area contributed by atoms with Gasteiger partial charge < -0.3 is 11.1 Å². The second-order valence-corrected chi connectivity index (χ2v) is 6.17. The highest BCUT2D eigenvalue weighted by Gasteiger charge is 2.12. The van der Waals surface area contributed by atoms with E-state index in [4.69, 9.17) is 17.3 Å². The van der Waals surface area contributed by atoms with Crippen molar-refractivity contribution in [3.63, 3.8) is 0 Å². The van der Waals surface area contributed by atoms with Crippen molar-refractivity contribution in [2.45, 2.75) is 6.54 Å². The number of anilines is 3. The van der Waals surface area contributed by atoms with Crippen LogP contribution < -0.4 is 16.7 Å². The van der Waals surface area contributed by atoms with Crippen LogP contribution >= 0.6 is 11.6 Å². The van der Waals surface area contributed by atoms with Crippen LogP contribution in [0.1, 0.15) is 5.82 Å². The van der Waals surface area contributed by atoms with Crippen LogP contribution in [-0.2, 0) is 6.54 Å². The van der Waals surface area contributed by atoms with Gasteiger partial charge in [-0.25, -0.2) is 4.79 Å². The molecule has 3 N–H and O–H groups in total. The smallest absolute Gasteiger partial charge is 0.368 e. The zero-order valence-electron chi connectivity index (χ0n) is 14.4. The van der Waals surface area contributed by atoms with Gasteiger partial charge >= 0.3 is 5.69 Å². The molecule has 10 nitrogen and oxygen atoms in total. The Morgan fingerprint density at radius 3 is 2.46 bits per heavy atom. The van der Waals surface area contributed by atoms with Gasteiger partial charge in [-0.05, 0) is 46.8 Å². The Hall–Kier alpha value is -3.79. The highest BCUT2D eigenvalue weighted by Crippen LogP contribution is 2.17. The van der Waals surface area contributed by atoms with Gasteiger partial charge in [-0.1, -0.05) is 29.8 Å². The molecule has 0 bridgehead atoms. The number of nitrogen functional groups attached to an aromatic ring is 1. The van der Waals surface area contributed by atoms with Crippen molar-refractivity contribution in [2.24, 2.45) is 0 Å². The van der Waals surface area contributed by atoms with Crippen molar-refractivity contribution < 1.29 is 0 Å². The minimum Gasteiger partial charge on any atom is -0.368 e. The molecular weight excluding hydrogens is 382 g/mol. The average Bonchev–Trinajstić information content (AvgIpc) is 3.04. The number of hydrogen-bond donors (Lipinski definition) is 2. The first-order valence-electron chi connectivity index (χ1n) is 8.20. The lowest BCUT2D eigenvalue weighted by Gasteiger charge is -2.07. The fourth-order valence-electron chi connectivity index (χ4n) is 2.47. The van der Waals surface area contributed by atoms with E-state index in [0.29, 0.717) is 10.7 Å². The molecule has 0 aliphatic rings. The van der Waals surface area contributed by atoms with Crippen LogP contribution in [0.4, 0.5) is 17.6 Å². The normalized spacial score (nSPS) is 10.8. The summed E-state index contributed by atoms with van der Waals surface area (Å²) < 4.78 is 2.34. The van der Waals surface area contributed by atoms with Gasteiger partial charge in [0.2, 0.25) is 11.9 Å². The molecule has 4 aromatic rings. The SMILES string of the molecule is Nc1nc(Cn2nnn(-c3ccccc3)c2=O)nc(Nc2ccc(Cl)cc2)n1. The van der Waals surface area contributed by atoms with Crippen LogP contribution in [0.2, 0.25) is 5.02 Å². The number of para-hydroxylation sites is 1. The molecule has 140 valence electrons. The van der Waals surface area contributed by atoms with Crippen molar-refractivity contribution in [3.05, 3.63) is 75.9 Å². The molecule has 4 rings (SSSR count). The Bertz CT molecular complexity index is 1160. The highest BCUT2D eigenvalue weighted by molar-refractivity contribution is 6.30. The number of aromatic nitrogens is 7. The summed E-state index contributed by atoms with van der Waals surface area (Å²) in [7, 11) is 0. The second-order valence-electron chi connectivity index (χ2n) is 5.73. The Balaban J connectivity index is 1.59. The fraction of sp³-hybridized carbons (Fsp3) is 0.0588. The van der Waals surface area contributed by atoms with Crippen LogP contribution in [0.25, 0.3) is 5.69 Å². The molecule has 0 saturated carbocycles. The van der Waals surface area contributed by atoms with E-state index in [9.17, 15) is 4.79 Å². The van der Waals surface area contributed by atoms with Crippen LogP contribution in [0.3, 0.4) is 0 Å². The molecule has 28 heavy (non-hydrogen) atoms. The number of tetrazole rings is 1. The van der Waals surface area contributed by atoms with Gasteiger partial charge in [0, 0.05) is 10.7 Å². The number of nitrogens with two attached hydrogens (primary N) is 1. The largest absolute Gasteiger partial charge is 0.368 e. The number of halogens is 1. The Labute approximate surface area is 163 Å². The minimum absolute atomic E-state index is 0.00627. The second kappa shape index (κ2) is 7.45. The topological polar surface area (TPSA) is 129 Å². The maximum absolute atomic E-state index is 12.5. The predicted molar refractivity (Wildman–Crippen MR) is 104 cm³/mol. The summed E-state index contributed by atoms with van der Waals surface area (Å²) in [4.78, 5) is 24.9. The first kappa shape index (κ1) is 17.6. The number of hydrogen-bond acceptors (Lipinski definition) is 8. The van der Waals surface area contributed by atoms with Gasteiger partial charge in [-0.2, -0.15) is 24.3 Å². The number of nitrogens with zero attached hydrogens (tertiary/aromatic N) is 7. The third-order valence-corrected chi connectivity index (χ3v) is 3.98. The zero-order chi connectivity index (χ0) is 19.5. The van der Waals surface area contributed by atoms with E-state index < -0.39 is 5.69 Å². The van der Waals surface area contributed by atoms with E-state index in [0.717, 1.165) is 10.4 Å². The maximum Gasteiger partial charge on any atom is 0.368 e. The van der Waals surface area contributed by atoms with Crippen molar-refractivity contribution in [2.75, 3.05) is 11.1 Å². The van der Waals surface area contributed by atoms with E-state index in [2.05, 4.69) is 30.7 Å². The molecule has 2 aromatic carbocycles. The summed E-state index contributed by atoms with van der Waals surface area (Å²) in [6, 6.07) is 16.0. The van der Waals surface area contributed by atoms with E-state index >= 15 is 0 Å². The highest BCUT2D eigenvalue weighted by atomic mass is 35.5. The predicted octanol–water partition coefficient (Wildman–Crippen LogP) is 1.64. The third-order valence-electron chi connectivity index (χ3n) is 3.73. The Morgan fingerprint density at radius 2 is 1.71 bits per heavy atom. The van der Waals surface area contributed by atoms with Crippen molar-refractivity contribution in [3.8, 4) is 5.69 Å². The van der Waals surface area contributed by atoms with E-state index in [1.54, 1.807) is 36.4 Å².